The third-order valence-corrected chi connectivity index (χ3v) is 14.7. The number of nitrogens with zero attached hydrogens (tertiary/aromatic N) is 2. The highest BCUT2D eigenvalue weighted by atomic mass is 16.7. The highest BCUT2D eigenvalue weighted by Crippen LogP contribution is 2.62. The number of carbonyl (C=O) groups excluding carboxylic acids is 1. The topological polar surface area (TPSA) is 129 Å². The Morgan fingerprint density at radius 3 is 2.24 bits per heavy atom. The van der Waals surface area contributed by atoms with Gasteiger partial charge in [-0.15, -0.1) is 6.58 Å². The number of carbonyl (C=O) groups is 1. The molecule has 1 amide bonds. The van der Waals surface area contributed by atoms with E-state index in [9.17, 15) is 10.2 Å². The molecule has 1 heterocycles. The predicted molar refractivity (Wildman–Crippen MR) is 295 cm³/mol. The number of benzene rings is 6. The lowest BCUT2D eigenvalue weighted by molar-refractivity contribution is -0.256. The summed E-state index contributed by atoms with van der Waals surface area (Å²) in [6.45, 7) is 11.1. The van der Waals surface area contributed by atoms with E-state index < -0.39 is 29.4 Å². The van der Waals surface area contributed by atoms with Crippen molar-refractivity contribution in [3.05, 3.63) is 187 Å². The maximum absolute atomic E-state index is 15.4. The fourth-order valence-corrected chi connectivity index (χ4v) is 11.3. The van der Waals surface area contributed by atoms with Crippen LogP contribution >= 0.6 is 0 Å². The summed E-state index contributed by atoms with van der Waals surface area (Å²) in [5.74, 6) is -0.261. The van der Waals surface area contributed by atoms with Crippen molar-refractivity contribution >= 4 is 22.6 Å². The Hall–Kier alpha value is -6.76. The summed E-state index contributed by atoms with van der Waals surface area (Å²) in [4.78, 5) is 23.5. The molecule has 6 aromatic rings. The summed E-state index contributed by atoms with van der Waals surface area (Å²) in [5.41, 5.74) is 6.12. The third-order valence-electron chi connectivity index (χ3n) is 14.7. The van der Waals surface area contributed by atoms with Crippen LogP contribution in [0.15, 0.2) is 175 Å². The van der Waals surface area contributed by atoms with Crippen LogP contribution in [0, 0.1) is 17.8 Å². The minimum absolute atomic E-state index is 0.0140. The van der Waals surface area contributed by atoms with Gasteiger partial charge in [-0.2, -0.15) is 0 Å². The molecule has 11 nitrogen and oxygen atoms in total. The quantitative estimate of drug-likeness (QED) is 0.0366. The van der Waals surface area contributed by atoms with Gasteiger partial charge in [-0.3, -0.25) is 4.90 Å². The monoisotopic (exact) mass is 1010 g/mol. The highest BCUT2D eigenvalue weighted by Gasteiger charge is 2.66. The van der Waals surface area contributed by atoms with Crippen molar-refractivity contribution in [3.8, 4) is 28.4 Å². The molecule has 1 saturated carbocycles. The second-order valence-electron chi connectivity index (χ2n) is 20.9. The Morgan fingerprint density at radius 2 is 1.49 bits per heavy atom. The largest absolute Gasteiger partial charge is 0.459 e. The van der Waals surface area contributed by atoms with E-state index in [0.717, 1.165) is 69.8 Å². The second kappa shape index (κ2) is 24.7. The molecule has 0 radical (unpaired) electrons. The van der Waals surface area contributed by atoms with Crippen LogP contribution in [-0.2, 0) is 32.2 Å². The molecule has 3 aliphatic rings. The van der Waals surface area contributed by atoms with Gasteiger partial charge >= 0.3 is 6.09 Å². The van der Waals surface area contributed by atoms with Gasteiger partial charge in [0.2, 0.25) is 5.79 Å². The summed E-state index contributed by atoms with van der Waals surface area (Å²) < 4.78 is 33.9. The molecule has 0 saturated heterocycles. The Balaban J connectivity index is 1.19. The van der Waals surface area contributed by atoms with Gasteiger partial charge in [0, 0.05) is 31.1 Å². The molecule has 2 aliphatic carbocycles. The van der Waals surface area contributed by atoms with Crippen molar-refractivity contribution in [2.75, 3.05) is 33.0 Å². The van der Waals surface area contributed by atoms with E-state index in [1.54, 1.807) is 11.0 Å². The summed E-state index contributed by atoms with van der Waals surface area (Å²) >= 11 is 0. The van der Waals surface area contributed by atoms with Crippen LogP contribution in [0.3, 0.4) is 0 Å². The lowest BCUT2D eigenvalue weighted by atomic mass is 9.55. The van der Waals surface area contributed by atoms with E-state index in [1.165, 1.54) is 0 Å². The summed E-state index contributed by atoms with van der Waals surface area (Å²) in [6, 6.07) is 47.8. The third kappa shape index (κ3) is 12.5. The minimum atomic E-state index is -1.51. The number of ether oxygens (including phenoxy) is 5. The van der Waals surface area contributed by atoms with E-state index >= 15 is 4.79 Å². The van der Waals surface area contributed by atoms with Crippen LogP contribution in [0.2, 0.25) is 0 Å². The van der Waals surface area contributed by atoms with Gasteiger partial charge in [-0.05, 0) is 127 Å². The van der Waals surface area contributed by atoms with Gasteiger partial charge in [-0.25, -0.2) is 4.79 Å². The molecule has 1 fully saturated rings. The molecule has 1 aliphatic heterocycles. The first kappa shape index (κ1) is 53.1. The molecule has 75 heavy (non-hydrogen) atoms. The highest BCUT2D eigenvalue weighted by molar-refractivity contribution is 6.03. The van der Waals surface area contributed by atoms with E-state index in [2.05, 4.69) is 67.3 Å². The van der Waals surface area contributed by atoms with E-state index in [4.69, 9.17) is 33.7 Å². The van der Waals surface area contributed by atoms with E-state index in [1.807, 2.05) is 112 Å². The van der Waals surface area contributed by atoms with Gasteiger partial charge in [0.05, 0.1) is 38.0 Å². The smallest absolute Gasteiger partial charge is 0.410 e. The van der Waals surface area contributed by atoms with Crippen LogP contribution in [0.5, 0.6) is 17.2 Å². The van der Waals surface area contributed by atoms with Gasteiger partial charge in [0.1, 0.15) is 35.5 Å². The second-order valence-corrected chi connectivity index (χ2v) is 20.9. The van der Waals surface area contributed by atoms with Crippen LogP contribution in [0.1, 0.15) is 88.3 Å². The van der Waals surface area contributed by atoms with Crippen molar-refractivity contribution in [2.24, 2.45) is 22.9 Å². The molecule has 0 spiro atoms. The fraction of sp³-hybridized carbons (Fsp3) is 0.375. The van der Waals surface area contributed by atoms with Crippen molar-refractivity contribution in [2.45, 2.75) is 102 Å². The molecule has 0 aromatic heterocycles. The average molecular weight is 1010 g/mol. The zero-order chi connectivity index (χ0) is 52.2. The van der Waals surface area contributed by atoms with E-state index in [0.29, 0.717) is 42.4 Å². The zero-order valence-corrected chi connectivity index (χ0v) is 43.7. The molecule has 9 rings (SSSR count). The molecule has 2 N–H and O–H groups in total. The van der Waals surface area contributed by atoms with Crippen LogP contribution in [-0.4, -0.2) is 77.4 Å². The molecular weight excluding hydrogens is 941 g/mol. The number of fused-ring (bicyclic) bond motifs is 3. The zero-order valence-electron chi connectivity index (χ0n) is 43.7. The van der Waals surface area contributed by atoms with Crippen molar-refractivity contribution in [1.82, 2.24) is 4.90 Å². The normalized spacial score (nSPS) is 21.3. The summed E-state index contributed by atoms with van der Waals surface area (Å²) in [5, 5.41) is 27.4. The first-order valence-corrected chi connectivity index (χ1v) is 26.7. The number of hydrogen-bond donors (Lipinski definition) is 2. The first-order valence-electron chi connectivity index (χ1n) is 26.7. The number of hydrogen-bond acceptors (Lipinski definition) is 10. The lowest BCUT2D eigenvalue weighted by Gasteiger charge is -2.60. The van der Waals surface area contributed by atoms with Gasteiger partial charge in [0.15, 0.2) is 0 Å². The van der Waals surface area contributed by atoms with Crippen molar-refractivity contribution in [3.63, 3.8) is 0 Å². The maximum atomic E-state index is 15.4. The maximum Gasteiger partial charge on any atom is 0.410 e. The number of amides is 1. The molecule has 6 atom stereocenters. The molecule has 11 heteroatoms. The van der Waals surface area contributed by atoms with Crippen LogP contribution in [0.4, 0.5) is 4.79 Å². The molecule has 0 bridgehead atoms. The van der Waals surface area contributed by atoms with Gasteiger partial charge in [0.25, 0.3) is 0 Å². The van der Waals surface area contributed by atoms with Crippen molar-refractivity contribution < 1.29 is 43.5 Å². The SMILES string of the molecule is C=CCO[C@@]12Oc3ccc(Oc4ccc(-c5ccccc5)cc4)cc3[C@H]3[C@H](CCCCO)[C@@H](CCCCO)C=C(C(=NOC(C)(C)C)C[C@@H]1N(Cc1cccc4ccccc14)C(=O)OCCOCc1ccccc1)[C@H]32. The summed E-state index contributed by atoms with van der Waals surface area (Å²) in [6.07, 6.45) is 8.27. The Morgan fingerprint density at radius 1 is 0.800 bits per heavy atom. The number of aliphatic hydroxyl groups is 2. The van der Waals surface area contributed by atoms with Gasteiger partial charge in [-0.1, -0.05) is 145 Å². The summed E-state index contributed by atoms with van der Waals surface area (Å²) in [7, 11) is 0. The molecule has 0 unspecified atom stereocenters. The fourth-order valence-electron chi connectivity index (χ4n) is 11.3. The van der Waals surface area contributed by atoms with Crippen molar-refractivity contribution in [1.29, 1.82) is 0 Å². The minimum Gasteiger partial charge on any atom is -0.459 e. The Kier molecular flexibility index (Phi) is 17.5. The number of allylic oxidation sites excluding steroid dienone is 1. The standard InChI is InChI=1S/C64H72N2O9/c1-5-37-72-64-59(66(43-50-26-18-25-48-23-12-13-27-53(48)50)62(69)71-39-38-70-44-45-19-8-6-9-20-45)42-57(65-75-63(2,3)4)55-40-49(24-14-16-35-67)54(28-15-17-36-68)60(61(55)64)56-41-52(33-34-58(56)74-64)73-51-31-29-47(30-32-51)46-21-10-7-11-22-46/h5-13,18-23,25-27,29-34,40-41,49,54,59-61,67-68H,1,14-17,24,28,35-39,42-44H2,2-4H3/t49-,54+,59-,60+,61+,64+/m0/s1. The molecule has 6 aromatic carbocycles. The number of aliphatic hydroxyl groups excluding tert-OH is 2. The lowest BCUT2D eigenvalue weighted by Crippen LogP contribution is -2.70. The Labute approximate surface area is 442 Å². The van der Waals surface area contributed by atoms with E-state index in [-0.39, 0.29) is 63.8 Å². The molecular formula is C64H72N2O9. The predicted octanol–water partition coefficient (Wildman–Crippen LogP) is 13.6. The number of unbranched alkanes of at least 4 members (excludes halogenated alkanes) is 2. The van der Waals surface area contributed by atoms with Gasteiger partial charge < -0.3 is 38.7 Å². The average Bonchev–Trinajstić information content (AvgIpc) is 3.46. The Bertz CT molecular complexity index is 2890. The number of oxime groups is 1. The van der Waals surface area contributed by atoms with Crippen LogP contribution in [0.25, 0.3) is 21.9 Å². The van der Waals surface area contributed by atoms with Crippen LogP contribution < -0.4 is 9.47 Å². The number of rotatable bonds is 23. The molecule has 392 valence electrons. The first-order chi connectivity index (χ1) is 36.6.